The standard InChI is InChI=1S/C31H23N5O2/c1-20(21-10-4-2-5-11-21)35-37-18-26-33-30-28-27(23-13-6-3-7-14-23)25-17-16-22-12-8-9-15-24(22)29(25)38-31(28)32-19-36(30)34-26/h2-17,19,27H,18H2,1H3/b35-20+/t27-/m1/s1. The zero-order valence-corrected chi connectivity index (χ0v) is 20.7. The van der Waals surface area contributed by atoms with E-state index in [1.807, 2.05) is 55.5 Å². The minimum Gasteiger partial charge on any atom is -0.438 e. The van der Waals surface area contributed by atoms with Crippen molar-refractivity contribution >= 4 is 22.1 Å². The molecule has 7 nitrogen and oxygen atoms in total. The highest BCUT2D eigenvalue weighted by molar-refractivity contribution is 5.98. The zero-order valence-electron chi connectivity index (χ0n) is 20.7. The van der Waals surface area contributed by atoms with Crippen LogP contribution in [0.15, 0.2) is 109 Å². The van der Waals surface area contributed by atoms with Crippen molar-refractivity contribution in [3.8, 4) is 11.6 Å². The lowest BCUT2D eigenvalue weighted by Gasteiger charge is -2.28. The van der Waals surface area contributed by atoms with Crippen LogP contribution < -0.4 is 4.74 Å². The van der Waals surface area contributed by atoms with Crippen LogP contribution in [0.25, 0.3) is 16.4 Å². The van der Waals surface area contributed by atoms with Gasteiger partial charge in [0.2, 0.25) is 5.88 Å². The van der Waals surface area contributed by atoms with Gasteiger partial charge in [0.05, 0.1) is 11.3 Å². The minimum absolute atomic E-state index is 0.118. The number of nitrogens with zero attached hydrogens (tertiary/aromatic N) is 5. The van der Waals surface area contributed by atoms with Crippen LogP contribution in [0.4, 0.5) is 0 Å². The van der Waals surface area contributed by atoms with Crippen LogP contribution in [0.3, 0.4) is 0 Å². The number of ether oxygens (including phenoxy) is 1. The first kappa shape index (κ1) is 22.2. The summed E-state index contributed by atoms with van der Waals surface area (Å²) in [5.41, 5.74) is 5.56. The third-order valence-electron chi connectivity index (χ3n) is 6.86. The fourth-order valence-corrected chi connectivity index (χ4v) is 5.06. The molecule has 0 N–H and O–H groups in total. The van der Waals surface area contributed by atoms with Crippen molar-refractivity contribution in [1.29, 1.82) is 0 Å². The first-order chi connectivity index (χ1) is 18.8. The Morgan fingerprint density at radius 1 is 0.921 bits per heavy atom. The number of rotatable bonds is 5. The monoisotopic (exact) mass is 497 g/mol. The van der Waals surface area contributed by atoms with Gasteiger partial charge in [0, 0.05) is 16.9 Å². The summed E-state index contributed by atoms with van der Waals surface area (Å²) in [6.45, 7) is 2.05. The molecule has 1 aliphatic rings. The number of benzene rings is 4. The van der Waals surface area contributed by atoms with Crippen LogP contribution in [0.1, 0.15) is 40.9 Å². The van der Waals surface area contributed by atoms with Crippen LogP contribution in [0.2, 0.25) is 0 Å². The summed E-state index contributed by atoms with van der Waals surface area (Å²) in [6.07, 6.45) is 1.64. The molecule has 2 aromatic heterocycles. The van der Waals surface area contributed by atoms with Gasteiger partial charge in [-0.15, -0.1) is 5.10 Å². The van der Waals surface area contributed by atoms with E-state index in [2.05, 4.69) is 63.8 Å². The van der Waals surface area contributed by atoms with Gasteiger partial charge < -0.3 is 9.57 Å². The third kappa shape index (κ3) is 3.76. The lowest BCUT2D eigenvalue weighted by atomic mass is 9.83. The lowest BCUT2D eigenvalue weighted by Crippen LogP contribution is -2.15. The van der Waals surface area contributed by atoms with E-state index in [1.165, 1.54) is 0 Å². The molecule has 7 heteroatoms. The molecule has 4 aromatic carbocycles. The van der Waals surface area contributed by atoms with Gasteiger partial charge >= 0.3 is 0 Å². The van der Waals surface area contributed by atoms with Crippen molar-refractivity contribution in [3.63, 3.8) is 0 Å². The van der Waals surface area contributed by atoms with Crippen LogP contribution >= 0.6 is 0 Å². The van der Waals surface area contributed by atoms with E-state index in [4.69, 9.17) is 14.6 Å². The molecule has 0 saturated carbocycles. The second-order valence-electron chi connectivity index (χ2n) is 9.23. The van der Waals surface area contributed by atoms with Gasteiger partial charge in [0.15, 0.2) is 18.1 Å². The summed E-state index contributed by atoms with van der Waals surface area (Å²) in [4.78, 5) is 15.1. The van der Waals surface area contributed by atoms with Crippen molar-refractivity contribution in [3.05, 3.63) is 131 Å². The highest BCUT2D eigenvalue weighted by Gasteiger charge is 2.34. The number of hydrogen-bond acceptors (Lipinski definition) is 6. The first-order valence-corrected chi connectivity index (χ1v) is 12.5. The average molecular weight is 498 g/mol. The maximum absolute atomic E-state index is 6.48. The fourth-order valence-electron chi connectivity index (χ4n) is 5.06. The Hall–Kier alpha value is -5.04. The molecule has 0 unspecified atom stereocenters. The van der Waals surface area contributed by atoms with E-state index < -0.39 is 0 Å². The number of fused-ring (bicyclic) bond motifs is 6. The molecule has 7 rings (SSSR count). The molecule has 38 heavy (non-hydrogen) atoms. The molecule has 3 heterocycles. The van der Waals surface area contributed by atoms with E-state index in [1.54, 1.807) is 10.8 Å². The molecule has 0 spiro atoms. The molecule has 6 aromatic rings. The van der Waals surface area contributed by atoms with Crippen molar-refractivity contribution in [2.75, 3.05) is 0 Å². The van der Waals surface area contributed by atoms with Gasteiger partial charge in [-0.1, -0.05) is 102 Å². The summed E-state index contributed by atoms with van der Waals surface area (Å²) in [5, 5.41) is 11.1. The predicted octanol–water partition coefficient (Wildman–Crippen LogP) is 6.50. The normalized spacial score (nSPS) is 14.7. The van der Waals surface area contributed by atoms with Gasteiger partial charge in [0.25, 0.3) is 0 Å². The highest BCUT2D eigenvalue weighted by atomic mass is 16.6. The van der Waals surface area contributed by atoms with Crippen LogP contribution in [-0.2, 0) is 11.4 Å². The third-order valence-corrected chi connectivity index (χ3v) is 6.86. The smallest absolute Gasteiger partial charge is 0.228 e. The van der Waals surface area contributed by atoms with E-state index in [0.29, 0.717) is 17.4 Å². The summed E-state index contributed by atoms with van der Waals surface area (Å²) in [6, 6.07) is 32.8. The maximum atomic E-state index is 6.48. The SMILES string of the molecule is C/C(=N\OCc1nc2c3c(ncn2n1)Oc1c(ccc2ccccc12)[C@H]3c1ccccc1)c1ccccc1. The van der Waals surface area contributed by atoms with E-state index in [9.17, 15) is 0 Å². The topological polar surface area (TPSA) is 73.9 Å². The molecule has 0 aliphatic carbocycles. The fraction of sp³-hybridized carbons (Fsp3) is 0.0968. The predicted molar refractivity (Wildman–Crippen MR) is 146 cm³/mol. The van der Waals surface area contributed by atoms with Crippen LogP contribution in [0, 0.1) is 0 Å². The Balaban J connectivity index is 1.31. The first-order valence-electron chi connectivity index (χ1n) is 12.5. The van der Waals surface area contributed by atoms with Crippen molar-refractivity contribution in [1.82, 2.24) is 19.6 Å². The Labute approximate surface area is 219 Å². The molecule has 184 valence electrons. The van der Waals surface area contributed by atoms with Gasteiger partial charge in [-0.2, -0.15) is 0 Å². The average Bonchev–Trinajstić information content (AvgIpc) is 3.40. The summed E-state index contributed by atoms with van der Waals surface area (Å²) in [7, 11) is 0. The molecule has 1 atom stereocenters. The second kappa shape index (κ2) is 9.12. The van der Waals surface area contributed by atoms with E-state index >= 15 is 0 Å². The Morgan fingerprint density at radius 3 is 2.53 bits per heavy atom. The number of oxime groups is 1. The molecule has 0 saturated heterocycles. The summed E-state index contributed by atoms with van der Waals surface area (Å²) in [5.74, 6) is 1.76. The largest absolute Gasteiger partial charge is 0.438 e. The zero-order chi connectivity index (χ0) is 25.5. The minimum atomic E-state index is -0.118. The molecule has 0 amide bonds. The van der Waals surface area contributed by atoms with Crippen molar-refractivity contribution < 1.29 is 9.57 Å². The highest BCUT2D eigenvalue weighted by Crippen LogP contribution is 2.50. The van der Waals surface area contributed by atoms with Crippen molar-refractivity contribution in [2.24, 2.45) is 5.16 Å². The Morgan fingerprint density at radius 2 is 1.68 bits per heavy atom. The molecule has 0 radical (unpaired) electrons. The van der Waals surface area contributed by atoms with Gasteiger partial charge in [-0.05, 0) is 23.4 Å². The maximum Gasteiger partial charge on any atom is 0.228 e. The molecule has 0 fully saturated rings. The second-order valence-corrected chi connectivity index (χ2v) is 9.23. The van der Waals surface area contributed by atoms with Crippen molar-refractivity contribution in [2.45, 2.75) is 19.4 Å². The lowest BCUT2D eigenvalue weighted by molar-refractivity contribution is 0.125. The van der Waals surface area contributed by atoms with Gasteiger partial charge in [-0.3, -0.25) is 0 Å². The number of hydrogen-bond donors (Lipinski definition) is 0. The quantitative estimate of drug-likeness (QED) is 0.200. The van der Waals surface area contributed by atoms with Gasteiger partial charge in [-0.25, -0.2) is 14.5 Å². The molecule has 0 bridgehead atoms. The van der Waals surface area contributed by atoms with E-state index in [-0.39, 0.29) is 12.5 Å². The molecular formula is C31H23N5O2. The molecule has 1 aliphatic heterocycles. The summed E-state index contributed by atoms with van der Waals surface area (Å²) >= 11 is 0. The van der Waals surface area contributed by atoms with Gasteiger partial charge in [0.1, 0.15) is 12.1 Å². The Kier molecular flexibility index (Phi) is 5.32. The van der Waals surface area contributed by atoms with Crippen LogP contribution in [0.5, 0.6) is 11.6 Å². The Bertz CT molecular complexity index is 1810. The number of aromatic nitrogens is 4. The summed E-state index contributed by atoms with van der Waals surface area (Å²) < 4.78 is 8.17. The molecular weight excluding hydrogens is 474 g/mol. The van der Waals surface area contributed by atoms with Crippen LogP contribution in [-0.4, -0.2) is 25.3 Å². The van der Waals surface area contributed by atoms with E-state index in [0.717, 1.165) is 44.5 Å².